The Morgan fingerprint density at radius 2 is 1.89 bits per heavy atom. The van der Waals surface area contributed by atoms with Crippen LogP contribution < -0.4 is 10.3 Å². The van der Waals surface area contributed by atoms with Crippen LogP contribution >= 0.6 is 0 Å². The molecule has 0 aliphatic heterocycles. The summed E-state index contributed by atoms with van der Waals surface area (Å²) in [6.45, 7) is 5.88. The molecule has 1 aromatic rings. The summed E-state index contributed by atoms with van der Waals surface area (Å²) >= 11 is 0. The Morgan fingerprint density at radius 3 is 2.42 bits per heavy atom. The molecule has 2 amide bonds. The molecule has 2 N–H and O–H groups in total. The first-order valence-corrected chi connectivity index (χ1v) is 6.65. The molecule has 0 spiro atoms. The highest BCUT2D eigenvalue weighted by atomic mass is 16.2. The summed E-state index contributed by atoms with van der Waals surface area (Å²) in [7, 11) is 0. The Balaban J connectivity index is 2.74. The molecule has 0 unspecified atom stereocenters. The van der Waals surface area contributed by atoms with Gasteiger partial charge in [0.25, 0.3) is 11.8 Å². The highest BCUT2D eigenvalue weighted by Crippen LogP contribution is 1.97. The Labute approximate surface area is 114 Å². The average molecular weight is 264 g/mol. The van der Waals surface area contributed by atoms with E-state index in [-0.39, 0.29) is 12.5 Å². The number of nitrogens with zero attached hydrogens (tertiary/aromatic N) is 2. The number of amides is 2. The first kappa shape index (κ1) is 15.1. The highest BCUT2D eigenvalue weighted by molar-refractivity contribution is 5.92. The van der Waals surface area contributed by atoms with Crippen molar-refractivity contribution >= 4 is 11.8 Å². The monoisotopic (exact) mass is 264 g/mol. The van der Waals surface area contributed by atoms with Gasteiger partial charge in [0.2, 0.25) is 6.54 Å². The molecular weight excluding hydrogens is 242 g/mol. The summed E-state index contributed by atoms with van der Waals surface area (Å²) < 4.78 is 1.70. The van der Waals surface area contributed by atoms with Gasteiger partial charge in [-0.25, -0.2) is 0 Å². The third-order valence-corrected chi connectivity index (χ3v) is 2.80. The van der Waals surface area contributed by atoms with E-state index in [1.807, 2.05) is 4.90 Å². The van der Waals surface area contributed by atoms with Gasteiger partial charge in [-0.2, -0.15) is 4.57 Å². The Hall–Kier alpha value is -1.91. The van der Waals surface area contributed by atoms with Gasteiger partial charge in [0, 0.05) is 19.2 Å². The van der Waals surface area contributed by atoms with Crippen LogP contribution in [0.25, 0.3) is 0 Å². The molecule has 0 saturated carbocycles. The van der Waals surface area contributed by atoms with Gasteiger partial charge >= 0.3 is 0 Å². The van der Waals surface area contributed by atoms with Crippen molar-refractivity contribution in [1.82, 2.24) is 4.90 Å². The zero-order chi connectivity index (χ0) is 14.3. The first-order chi connectivity index (χ1) is 9.08. The maximum absolute atomic E-state index is 12.2. The van der Waals surface area contributed by atoms with Crippen molar-refractivity contribution in [3.8, 4) is 0 Å². The number of hydrogen-bond donors (Lipinski definition) is 1. The largest absolute Gasteiger partial charge is 0.365 e. The van der Waals surface area contributed by atoms with Crippen LogP contribution in [0.1, 0.15) is 37.0 Å². The van der Waals surface area contributed by atoms with Crippen LogP contribution in [0.4, 0.5) is 0 Å². The minimum atomic E-state index is -0.485. The number of rotatable bonds is 7. The molecule has 19 heavy (non-hydrogen) atoms. The minimum absolute atomic E-state index is 0.0651. The van der Waals surface area contributed by atoms with Crippen LogP contribution in [0.3, 0.4) is 0 Å². The van der Waals surface area contributed by atoms with Crippen LogP contribution in [0, 0.1) is 0 Å². The standard InChI is InChI=1S/C14H21N3O2/c1-3-7-17(8-4-2)13(18)11-16-9-5-6-12(10-16)14(15)19/h5-6,9-10H,3-4,7-8,11H2,1-2H3,(H-,15,19)/p+1. The predicted molar refractivity (Wildman–Crippen MR) is 72.3 cm³/mol. The van der Waals surface area contributed by atoms with E-state index < -0.39 is 5.91 Å². The van der Waals surface area contributed by atoms with Gasteiger partial charge < -0.3 is 10.6 Å². The van der Waals surface area contributed by atoms with E-state index in [1.165, 1.54) is 0 Å². The molecule has 0 aliphatic rings. The fourth-order valence-corrected chi connectivity index (χ4v) is 1.92. The summed E-state index contributed by atoms with van der Waals surface area (Å²) in [5.41, 5.74) is 5.63. The van der Waals surface area contributed by atoms with Crippen LogP contribution in [-0.2, 0) is 11.3 Å². The summed E-state index contributed by atoms with van der Waals surface area (Å²) in [6, 6.07) is 3.36. The van der Waals surface area contributed by atoms with Gasteiger partial charge in [0.05, 0.1) is 0 Å². The lowest BCUT2D eigenvalue weighted by molar-refractivity contribution is -0.685. The smallest absolute Gasteiger partial charge is 0.288 e. The van der Waals surface area contributed by atoms with Crippen LogP contribution in [-0.4, -0.2) is 29.8 Å². The van der Waals surface area contributed by atoms with Crippen LogP contribution in [0.2, 0.25) is 0 Å². The summed E-state index contributed by atoms with van der Waals surface area (Å²) in [6.07, 6.45) is 5.26. The molecule has 104 valence electrons. The Kier molecular flexibility index (Phi) is 5.99. The molecular formula is C14H22N3O2+. The lowest BCUT2D eigenvalue weighted by Crippen LogP contribution is -2.45. The van der Waals surface area contributed by atoms with E-state index in [1.54, 1.807) is 29.1 Å². The van der Waals surface area contributed by atoms with Crippen molar-refractivity contribution in [2.24, 2.45) is 5.73 Å². The fourth-order valence-electron chi connectivity index (χ4n) is 1.92. The van der Waals surface area contributed by atoms with Crippen LogP contribution in [0.15, 0.2) is 24.5 Å². The molecule has 0 bridgehead atoms. The first-order valence-electron chi connectivity index (χ1n) is 6.65. The molecule has 1 aromatic heterocycles. The SMILES string of the molecule is CCCN(CCC)C(=O)C[n+]1cccc(C(N)=O)c1. The van der Waals surface area contributed by atoms with Crippen molar-refractivity contribution in [3.05, 3.63) is 30.1 Å². The van der Waals surface area contributed by atoms with Crippen molar-refractivity contribution in [3.63, 3.8) is 0 Å². The highest BCUT2D eigenvalue weighted by Gasteiger charge is 2.17. The molecule has 5 nitrogen and oxygen atoms in total. The maximum atomic E-state index is 12.2. The molecule has 0 saturated heterocycles. The Bertz CT molecular complexity index is 440. The van der Waals surface area contributed by atoms with Gasteiger partial charge in [-0.3, -0.25) is 9.59 Å². The lowest BCUT2D eigenvalue weighted by atomic mass is 10.2. The number of nitrogens with two attached hydrogens (primary N) is 1. The quantitative estimate of drug-likeness (QED) is 0.737. The van der Waals surface area contributed by atoms with E-state index in [4.69, 9.17) is 5.73 Å². The van der Waals surface area contributed by atoms with Gasteiger partial charge in [0.15, 0.2) is 12.4 Å². The van der Waals surface area contributed by atoms with Crippen LogP contribution in [0.5, 0.6) is 0 Å². The number of carbonyl (C=O) groups is 2. The Morgan fingerprint density at radius 1 is 1.26 bits per heavy atom. The number of pyridine rings is 1. The lowest BCUT2D eigenvalue weighted by Gasteiger charge is -2.19. The van der Waals surface area contributed by atoms with Gasteiger partial charge in [-0.05, 0) is 18.9 Å². The van der Waals surface area contributed by atoms with E-state index >= 15 is 0 Å². The van der Waals surface area contributed by atoms with Crippen molar-refractivity contribution in [2.75, 3.05) is 13.1 Å². The van der Waals surface area contributed by atoms with Gasteiger partial charge in [-0.1, -0.05) is 13.8 Å². The molecule has 0 radical (unpaired) electrons. The molecule has 0 fully saturated rings. The van der Waals surface area contributed by atoms with E-state index in [0.717, 1.165) is 25.9 Å². The number of carbonyl (C=O) groups excluding carboxylic acids is 2. The van der Waals surface area contributed by atoms with E-state index in [9.17, 15) is 9.59 Å². The number of aromatic nitrogens is 1. The summed E-state index contributed by atoms with van der Waals surface area (Å²) in [5, 5.41) is 0. The summed E-state index contributed by atoms with van der Waals surface area (Å²) in [4.78, 5) is 25.1. The van der Waals surface area contributed by atoms with Crippen molar-refractivity contribution < 1.29 is 14.2 Å². The number of primary amides is 1. The fraction of sp³-hybridized carbons (Fsp3) is 0.500. The molecule has 5 heteroatoms. The second-order valence-corrected chi connectivity index (χ2v) is 4.51. The minimum Gasteiger partial charge on any atom is -0.365 e. The summed E-state index contributed by atoms with van der Waals surface area (Å²) in [5.74, 6) is -0.420. The van der Waals surface area contributed by atoms with Crippen molar-refractivity contribution in [1.29, 1.82) is 0 Å². The second-order valence-electron chi connectivity index (χ2n) is 4.51. The molecule has 0 atom stereocenters. The zero-order valence-electron chi connectivity index (χ0n) is 11.6. The maximum Gasteiger partial charge on any atom is 0.288 e. The third-order valence-electron chi connectivity index (χ3n) is 2.80. The average Bonchev–Trinajstić information content (AvgIpc) is 2.38. The predicted octanol–water partition coefficient (Wildman–Crippen LogP) is 0.722. The molecule has 1 rings (SSSR count). The molecule has 0 aliphatic carbocycles. The van der Waals surface area contributed by atoms with E-state index in [2.05, 4.69) is 13.8 Å². The topological polar surface area (TPSA) is 67.3 Å². The van der Waals surface area contributed by atoms with E-state index in [0.29, 0.717) is 5.56 Å². The zero-order valence-corrected chi connectivity index (χ0v) is 11.6. The number of hydrogen-bond acceptors (Lipinski definition) is 2. The normalized spacial score (nSPS) is 10.2. The van der Waals surface area contributed by atoms with Gasteiger partial charge in [0.1, 0.15) is 5.56 Å². The second kappa shape index (κ2) is 7.51. The molecule has 0 aromatic carbocycles. The third kappa shape index (κ3) is 4.69. The molecule has 1 heterocycles. The van der Waals surface area contributed by atoms with Gasteiger partial charge in [-0.15, -0.1) is 0 Å². The van der Waals surface area contributed by atoms with Crippen molar-refractivity contribution in [2.45, 2.75) is 33.2 Å².